The van der Waals surface area contributed by atoms with Crippen LogP contribution in [0.1, 0.15) is 35.1 Å². The second kappa shape index (κ2) is 9.91. The van der Waals surface area contributed by atoms with Gasteiger partial charge in [0, 0.05) is 39.3 Å². The van der Waals surface area contributed by atoms with Crippen LogP contribution in [-0.2, 0) is 13.1 Å². The topological polar surface area (TPSA) is 63.5 Å². The summed E-state index contributed by atoms with van der Waals surface area (Å²) < 4.78 is 0. The number of nitrogens with one attached hydrogen (secondary N) is 2. The number of guanidine groups is 1. The second-order valence-corrected chi connectivity index (χ2v) is 7.36. The normalized spacial score (nSPS) is 15.8. The van der Waals surface area contributed by atoms with Crippen molar-refractivity contribution in [3.63, 3.8) is 0 Å². The van der Waals surface area contributed by atoms with Crippen LogP contribution in [0, 0.1) is 18.3 Å². The smallest absolute Gasteiger partial charge is 0.191 e. The zero-order valence-electron chi connectivity index (χ0n) is 16.8. The molecule has 5 nitrogen and oxygen atoms in total. The molecule has 0 amide bonds. The molecule has 1 aliphatic rings. The summed E-state index contributed by atoms with van der Waals surface area (Å²) in [7, 11) is 1.80. The van der Waals surface area contributed by atoms with Crippen LogP contribution < -0.4 is 10.6 Å². The van der Waals surface area contributed by atoms with Crippen LogP contribution in [0.4, 0.5) is 0 Å². The fourth-order valence-electron chi connectivity index (χ4n) is 3.59. The number of hydrogen-bond acceptors (Lipinski definition) is 3. The SMILES string of the molecule is CN=C(NCc1cccc(C#N)c1)NC1CCN(Cc2ccccc2C)CC1. The molecule has 5 heteroatoms. The van der Waals surface area contributed by atoms with E-state index in [0.717, 1.165) is 44.0 Å². The molecule has 0 radical (unpaired) electrons. The summed E-state index contributed by atoms with van der Waals surface area (Å²) in [5.41, 5.74) is 4.55. The Labute approximate surface area is 168 Å². The first-order valence-corrected chi connectivity index (χ1v) is 9.91. The van der Waals surface area contributed by atoms with Crippen LogP contribution in [0.25, 0.3) is 0 Å². The van der Waals surface area contributed by atoms with Gasteiger partial charge in [-0.3, -0.25) is 9.89 Å². The Morgan fingerprint density at radius 3 is 2.68 bits per heavy atom. The van der Waals surface area contributed by atoms with Gasteiger partial charge in [0.2, 0.25) is 0 Å². The summed E-state index contributed by atoms with van der Waals surface area (Å²) in [5, 5.41) is 15.9. The van der Waals surface area contributed by atoms with Crippen molar-refractivity contribution in [3.05, 3.63) is 70.8 Å². The van der Waals surface area contributed by atoms with E-state index >= 15 is 0 Å². The molecule has 2 aromatic carbocycles. The van der Waals surface area contributed by atoms with Gasteiger partial charge in [-0.1, -0.05) is 36.4 Å². The molecule has 28 heavy (non-hydrogen) atoms. The van der Waals surface area contributed by atoms with E-state index in [0.29, 0.717) is 18.2 Å². The minimum Gasteiger partial charge on any atom is -0.354 e. The van der Waals surface area contributed by atoms with E-state index in [2.05, 4.69) is 57.8 Å². The standard InChI is InChI=1S/C23H29N5/c1-18-6-3-4-9-21(18)17-28-12-10-22(11-13-28)27-23(25-2)26-16-20-8-5-7-19(14-20)15-24/h3-9,14,22H,10-13,16-17H2,1-2H3,(H2,25,26,27). The maximum absolute atomic E-state index is 9.02. The Kier molecular flexibility index (Phi) is 7.05. The monoisotopic (exact) mass is 375 g/mol. The van der Waals surface area contributed by atoms with Gasteiger partial charge in [0.1, 0.15) is 0 Å². The third kappa shape index (κ3) is 5.58. The predicted octanol–water partition coefficient (Wildman–Crippen LogP) is 3.20. The number of rotatable bonds is 5. The molecule has 2 aromatic rings. The molecule has 1 fully saturated rings. The molecular weight excluding hydrogens is 346 g/mol. The first kappa shape index (κ1) is 19.9. The van der Waals surface area contributed by atoms with Crippen LogP contribution in [0.15, 0.2) is 53.5 Å². The van der Waals surface area contributed by atoms with Gasteiger partial charge in [0.15, 0.2) is 5.96 Å². The molecule has 3 rings (SSSR count). The van der Waals surface area contributed by atoms with Crippen molar-refractivity contribution in [2.45, 2.75) is 38.9 Å². The maximum atomic E-state index is 9.02. The lowest BCUT2D eigenvalue weighted by Gasteiger charge is -2.33. The fraction of sp³-hybridized carbons (Fsp3) is 0.391. The van der Waals surface area contributed by atoms with E-state index in [-0.39, 0.29) is 0 Å². The summed E-state index contributed by atoms with van der Waals surface area (Å²) in [6.07, 6.45) is 2.22. The predicted molar refractivity (Wildman–Crippen MR) is 114 cm³/mol. The first-order valence-electron chi connectivity index (χ1n) is 9.91. The summed E-state index contributed by atoms with van der Waals surface area (Å²) in [4.78, 5) is 6.89. The minimum absolute atomic E-state index is 0.435. The quantitative estimate of drug-likeness (QED) is 0.622. The molecule has 0 aliphatic carbocycles. The molecule has 0 atom stereocenters. The van der Waals surface area contributed by atoms with Gasteiger partial charge < -0.3 is 10.6 Å². The van der Waals surface area contributed by atoms with Gasteiger partial charge in [-0.25, -0.2) is 0 Å². The van der Waals surface area contributed by atoms with E-state index in [9.17, 15) is 0 Å². The highest BCUT2D eigenvalue weighted by atomic mass is 15.2. The third-order valence-corrected chi connectivity index (χ3v) is 5.32. The number of aliphatic imine (C=N–C) groups is 1. The lowest BCUT2D eigenvalue weighted by Crippen LogP contribution is -2.48. The second-order valence-electron chi connectivity index (χ2n) is 7.36. The fourth-order valence-corrected chi connectivity index (χ4v) is 3.59. The highest BCUT2D eigenvalue weighted by Crippen LogP contribution is 2.16. The molecule has 146 valence electrons. The Balaban J connectivity index is 1.45. The highest BCUT2D eigenvalue weighted by molar-refractivity contribution is 5.79. The van der Waals surface area contributed by atoms with Gasteiger partial charge in [0.05, 0.1) is 11.6 Å². The van der Waals surface area contributed by atoms with Crippen LogP contribution >= 0.6 is 0 Å². The Bertz CT molecular complexity index is 844. The van der Waals surface area contributed by atoms with Crippen molar-refractivity contribution in [1.82, 2.24) is 15.5 Å². The van der Waals surface area contributed by atoms with Crippen molar-refractivity contribution in [2.24, 2.45) is 4.99 Å². The average molecular weight is 376 g/mol. The Morgan fingerprint density at radius 2 is 1.96 bits per heavy atom. The number of hydrogen-bond donors (Lipinski definition) is 2. The third-order valence-electron chi connectivity index (χ3n) is 5.32. The van der Waals surface area contributed by atoms with Gasteiger partial charge in [0.25, 0.3) is 0 Å². The molecule has 2 N–H and O–H groups in total. The van der Waals surface area contributed by atoms with Crippen molar-refractivity contribution in [3.8, 4) is 6.07 Å². The Morgan fingerprint density at radius 1 is 1.18 bits per heavy atom. The van der Waals surface area contributed by atoms with Crippen molar-refractivity contribution < 1.29 is 0 Å². The van der Waals surface area contributed by atoms with Crippen molar-refractivity contribution >= 4 is 5.96 Å². The largest absolute Gasteiger partial charge is 0.354 e. The molecule has 0 aromatic heterocycles. The van der Waals surface area contributed by atoms with Crippen LogP contribution in [0.3, 0.4) is 0 Å². The lowest BCUT2D eigenvalue weighted by atomic mass is 10.0. The van der Waals surface area contributed by atoms with Crippen LogP contribution in [0.2, 0.25) is 0 Å². The number of benzene rings is 2. The molecule has 1 saturated heterocycles. The number of piperidine rings is 1. The van der Waals surface area contributed by atoms with E-state index in [1.165, 1.54) is 11.1 Å². The summed E-state index contributed by atoms with van der Waals surface area (Å²) >= 11 is 0. The maximum Gasteiger partial charge on any atom is 0.191 e. The van der Waals surface area contributed by atoms with Crippen molar-refractivity contribution in [2.75, 3.05) is 20.1 Å². The van der Waals surface area contributed by atoms with E-state index in [1.54, 1.807) is 7.05 Å². The van der Waals surface area contributed by atoms with E-state index < -0.39 is 0 Å². The van der Waals surface area contributed by atoms with E-state index in [1.807, 2.05) is 24.3 Å². The molecule has 0 saturated carbocycles. The molecule has 0 spiro atoms. The van der Waals surface area contributed by atoms with Gasteiger partial charge in [-0.05, 0) is 48.6 Å². The number of aryl methyl sites for hydroxylation is 1. The van der Waals surface area contributed by atoms with Gasteiger partial charge in [-0.15, -0.1) is 0 Å². The zero-order valence-corrected chi connectivity index (χ0v) is 16.8. The zero-order chi connectivity index (χ0) is 19.8. The summed E-state index contributed by atoms with van der Waals surface area (Å²) in [6.45, 7) is 6.05. The molecule has 1 heterocycles. The van der Waals surface area contributed by atoms with Gasteiger partial charge in [-0.2, -0.15) is 5.26 Å². The van der Waals surface area contributed by atoms with Gasteiger partial charge >= 0.3 is 0 Å². The lowest BCUT2D eigenvalue weighted by molar-refractivity contribution is 0.198. The van der Waals surface area contributed by atoms with E-state index in [4.69, 9.17) is 5.26 Å². The average Bonchev–Trinajstić information content (AvgIpc) is 2.74. The number of nitrogens with zero attached hydrogens (tertiary/aromatic N) is 3. The minimum atomic E-state index is 0.435. The summed E-state index contributed by atoms with van der Waals surface area (Å²) in [5.74, 6) is 0.819. The molecule has 1 aliphatic heterocycles. The van der Waals surface area contributed by atoms with Crippen LogP contribution in [0.5, 0.6) is 0 Å². The molecule has 0 bridgehead atoms. The number of nitriles is 1. The molecular formula is C23H29N5. The number of likely N-dealkylation sites (tertiary alicyclic amines) is 1. The first-order chi connectivity index (χ1) is 13.7. The van der Waals surface area contributed by atoms with Crippen LogP contribution in [-0.4, -0.2) is 37.0 Å². The summed E-state index contributed by atoms with van der Waals surface area (Å²) in [6, 6.07) is 18.9. The molecule has 0 unspecified atom stereocenters. The Hall–Kier alpha value is -2.84. The highest BCUT2D eigenvalue weighted by Gasteiger charge is 2.20. The van der Waals surface area contributed by atoms with Crippen molar-refractivity contribution in [1.29, 1.82) is 5.26 Å².